The summed E-state index contributed by atoms with van der Waals surface area (Å²) in [4.78, 5) is 24.5. The van der Waals surface area contributed by atoms with Gasteiger partial charge in [-0.25, -0.2) is 4.79 Å². The van der Waals surface area contributed by atoms with E-state index in [0.717, 1.165) is 29.3 Å². The van der Waals surface area contributed by atoms with Crippen molar-refractivity contribution in [2.24, 2.45) is 5.92 Å². The van der Waals surface area contributed by atoms with Crippen LogP contribution >= 0.6 is 15.9 Å². The highest BCUT2D eigenvalue weighted by molar-refractivity contribution is 9.10. The third-order valence-corrected chi connectivity index (χ3v) is 5.80. The highest BCUT2D eigenvalue weighted by Gasteiger charge is 2.58. The number of ether oxygens (including phenoxy) is 1. The Balaban J connectivity index is 1.86. The summed E-state index contributed by atoms with van der Waals surface area (Å²) in [6, 6.07) is 5.24. The zero-order chi connectivity index (χ0) is 16.2. The molecule has 1 saturated carbocycles. The van der Waals surface area contributed by atoms with Crippen LogP contribution in [-0.4, -0.2) is 17.5 Å². The molecule has 2 spiro atoms. The van der Waals surface area contributed by atoms with Gasteiger partial charge in [0.2, 0.25) is 0 Å². The Bertz CT molecular complexity index is 707. The van der Waals surface area contributed by atoms with E-state index in [1.54, 1.807) is 0 Å². The van der Waals surface area contributed by atoms with Gasteiger partial charge in [0.1, 0.15) is 11.4 Å². The fraction of sp³-hybridized carbons (Fsp3) is 0.529. The first kappa shape index (κ1) is 15.0. The van der Waals surface area contributed by atoms with Crippen LogP contribution in [0.2, 0.25) is 0 Å². The highest BCUT2D eigenvalue weighted by Crippen LogP contribution is 2.51. The number of hydrogen-bond donors (Lipinski definition) is 2. The van der Waals surface area contributed by atoms with Crippen molar-refractivity contribution in [1.82, 2.24) is 10.6 Å². The van der Waals surface area contributed by atoms with Crippen molar-refractivity contribution >= 4 is 27.9 Å². The molecule has 2 fully saturated rings. The van der Waals surface area contributed by atoms with E-state index in [-0.39, 0.29) is 11.5 Å². The molecule has 3 atom stereocenters. The van der Waals surface area contributed by atoms with Crippen LogP contribution in [0.25, 0.3) is 0 Å². The van der Waals surface area contributed by atoms with Crippen LogP contribution in [0.15, 0.2) is 22.7 Å². The Labute approximate surface area is 143 Å². The monoisotopic (exact) mass is 378 g/mol. The van der Waals surface area contributed by atoms with Gasteiger partial charge in [-0.05, 0) is 43.4 Å². The Kier molecular flexibility index (Phi) is 3.24. The standard InChI is InChI=1S/C17H19BrN2O3/c1-10-3-2-6-16(8-10)9-17(14(21)19-15(22)20-17)12-7-11(18)4-5-13(12)23-16/h4-5,7,10H,2-3,6,8-9H2,1H3,(H2,19,20,21,22). The lowest BCUT2D eigenvalue weighted by Gasteiger charge is -2.48. The van der Waals surface area contributed by atoms with Gasteiger partial charge in [0.25, 0.3) is 5.91 Å². The first-order valence-electron chi connectivity index (χ1n) is 8.05. The average molecular weight is 379 g/mol. The first-order valence-corrected chi connectivity index (χ1v) is 8.84. The summed E-state index contributed by atoms with van der Waals surface area (Å²) < 4.78 is 7.27. The molecule has 0 aromatic heterocycles. The van der Waals surface area contributed by atoms with Gasteiger partial charge >= 0.3 is 6.03 Å². The molecule has 1 aliphatic carbocycles. The van der Waals surface area contributed by atoms with E-state index in [0.29, 0.717) is 18.1 Å². The molecule has 0 radical (unpaired) electrons. The van der Waals surface area contributed by atoms with Crippen molar-refractivity contribution in [1.29, 1.82) is 0 Å². The second-order valence-electron chi connectivity index (χ2n) is 7.12. The van der Waals surface area contributed by atoms with Crippen molar-refractivity contribution in [2.45, 2.75) is 50.2 Å². The minimum atomic E-state index is -1.02. The summed E-state index contributed by atoms with van der Waals surface area (Å²) in [6.45, 7) is 2.22. The predicted octanol–water partition coefficient (Wildman–Crippen LogP) is 3.22. The van der Waals surface area contributed by atoms with E-state index in [1.807, 2.05) is 18.2 Å². The molecule has 2 N–H and O–H groups in total. The summed E-state index contributed by atoms with van der Waals surface area (Å²) >= 11 is 3.45. The number of halogens is 1. The van der Waals surface area contributed by atoms with Crippen LogP contribution < -0.4 is 15.4 Å². The van der Waals surface area contributed by atoms with Gasteiger partial charge in [-0.3, -0.25) is 10.1 Å². The molecule has 122 valence electrons. The summed E-state index contributed by atoms with van der Waals surface area (Å²) in [5, 5.41) is 5.30. The topological polar surface area (TPSA) is 67.4 Å². The molecule has 4 rings (SSSR count). The van der Waals surface area contributed by atoms with Gasteiger partial charge in [-0.1, -0.05) is 29.3 Å². The van der Waals surface area contributed by atoms with Crippen LogP contribution in [0.4, 0.5) is 4.79 Å². The van der Waals surface area contributed by atoms with Gasteiger partial charge in [0.15, 0.2) is 5.54 Å². The Morgan fingerprint density at radius 2 is 2.17 bits per heavy atom. The smallest absolute Gasteiger partial charge is 0.322 e. The van der Waals surface area contributed by atoms with Crippen molar-refractivity contribution < 1.29 is 14.3 Å². The lowest BCUT2D eigenvalue weighted by atomic mass is 9.68. The molecule has 0 bridgehead atoms. The number of imide groups is 1. The van der Waals surface area contributed by atoms with Gasteiger partial charge < -0.3 is 10.1 Å². The third-order valence-electron chi connectivity index (χ3n) is 5.31. The minimum absolute atomic E-state index is 0.275. The van der Waals surface area contributed by atoms with E-state index in [9.17, 15) is 9.59 Å². The van der Waals surface area contributed by atoms with E-state index >= 15 is 0 Å². The second kappa shape index (κ2) is 4.97. The molecule has 5 nitrogen and oxygen atoms in total. The highest BCUT2D eigenvalue weighted by atomic mass is 79.9. The predicted molar refractivity (Wildman–Crippen MR) is 88.1 cm³/mol. The first-order chi connectivity index (χ1) is 10.9. The van der Waals surface area contributed by atoms with Crippen molar-refractivity contribution in [2.75, 3.05) is 0 Å². The molecular weight excluding hydrogens is 360 g/mol. The lowest BCUT2D eigenvalue weighted by Crippen LogP contribution is -2.57. The molecule has 2 aliphatic heterocycles. The van der Waals surface area contributed by atoms with Crippen molar-refractivity contribution in [3.8, 4) is 5.75 Å². The fourth-order valence-electron chi connectivity index (χ4n) is 4.44. The van der Waals surface area contributed by atoms with Crippen LogP contribution in [-0.2, 0) is 10.3 Å². The van der Waals surface area contributed by atoms with Crippen molar-refractivity contribution in [3.05, 3.63) is 28.2 Å². The van der Waals surface area contributed by atoms with Crippen LogP contribution in [0.3, 0.4) is 0 Å². The number of fused-ring (bicyclic) bond motifs is 2. The molecule has 3 unspecified atom stereocenters. The van der Waals surface area contributed by atoms with Gasteiger partial charge in [0.05, 0.1) is 0 Å². The van der Waals surface area contributed by atoms with Gasteiger partial charge in [0, 0.05) is 16.5 Å². The molecule has 6 heteroatoms. The van der Waals surface area contributed by atoms with Crippen LogP contribution in [0, 0.1) is 5.92 Å². The normalized spacial score (nSPS) is 35.7. The summed E-state index contributed by atoms with van der Waals surface area (Å²) in [5.74, 6) is 0.978. The van der Waals surface area contributed by atoms with Crippen LogP contribution in [0.1, 0.15) is 44.6 Å². The lowest BCUT2D eigenvalue weighted by molar-refractivity contribution is -0.129. The Hall–Kier alpha value is -1.56. The van der Waals surface area contributed by atoms with Crippen LogP contribution in [0.5, 0.6) is 5.75 Å². The van der Waals surface area contributed by atoms with Crippen molar-refractivity contribution in [3.63, 3.8) is 0 Å². The van der Waals surface area contributed by atoms with E-state index in [4.69, 9.17) is 4.74 Å². The molecule has 1 aromatic rings. The number of hydrogen-bond acceptors (Lipinski definition) is 3. The van der Waals surface area contributed by atoms with E-state index < -0.39 is 11.6 Å². The quantitative estimate of drug-likeness (QED) is 0.681. The summed E-state index contributed by atoms with van der Waals surface area (Å²) in [6.07, 6.45) is 4.58. The maximum absolute atomic E-state index is 12.7. The molecule has 1 saturated heterocycles. The molecule has 23 heavy (non-hydrogen) atoms. The molecule has 2 heterocycles. The molecule has 1 aromatic carbocycles. The summed E-state index contributed by atoms with van der Waals surface area (Å²) in [7, 11) is 0. The van der Waals surface area contributed by atoms with Gasteiger partial charge in [-0.15, -0.1) is 0 Å². The molecule has 3 amide bonds. The number of nitrogens with one attached hydrogen (secondary N) is 2. The third kappa shape index (κ3) is 2.26. The second-order valence-corrected chi connectivity index (χ2v) is 8.03. The minimum Gasteiger partial charge on any atom is -0.487 e. The molecule has 3 aliphatic rings. The SMILES string of the molecule is CC1CCCC2(C1)CC1(NC(=O)NC1=O)c1cc(Br)ccc1O2. The molecular formula is C17H19BrN2O3. The number of urea groups is 1. The number of rotatable bonds is 0. The number of amides is 3. The average Bonchev–Trinajstić information content (AvgIpc) is 2.74. The zero-order valence-corrected chi connectivity index (χ0v) is 14.5. The van der Waals surface area contributed by atoms with E-state index in [1.165, 1.54) is 6.42 Å². The van der Waals surface area contributed by atoms with E-state index in [2.05, 4.69) is 33.5 Å². The largest absolute Gasteiger partial charge is 0.487 e. The number of carbonyl (C=O) groups excluding carboxylic acids is 2. The fourth-order valence-corrected chi connectivity index (χ4v) is 4.80. The number of carbonyl (C=O) groups is 2. The Morgan fingerprint density at radius 3 is 2.87 bits per heavy atom. The van der Waals surface area contributed by atoms with Gasteiger partial charge in [-0.2, -0.15) is 0 Å². The zero-order valence-electron chi connectivity index (χ0n) is 12.9. The Morgan fingerprint density at radius 1 is 1.35 bits per heavy atom. The number of benzene rings is 1. The maximum atomic E-state index is 12.7. The summed E-state index contributed by atoms with van der Waals surface area (Å²) in [5.41, 5.74) is -0.669. The maximum Gasteiger partial charge on any atom is 0.322 e.